The summed E-state index contributed by atoms with van der Waals surface area (Å²) in [5.74, 6) is 0.814. The Labute approximate surface area is 158 Å². The molecule has 1 saturated heterocycles. The molecule has 0 radical (unpaired) electrons. The highest BCUT2D eigenvalue weighted by atomic mass is 32.1. The van der Waals surface area contributed by atoms with E-state index in [4.69, 9.17) is 5.41 Å². The maximum atomic E-state index is 12.3. The minimum Gasteiger partial charge on any atom is -0.345 e. The second-order valence-corrected chi connectivity index (χ2v) is 8.59. The smallest absolute Gasteiger partial charge is 0.231 e. The van der Waals surface area contributed by atoms with Crippen molar-refractivity contribution in [3.8, 4) is 10.4 Å². The summed E-state index contributed by atoms with van der Waals surface area (Å²) in [5, 5.41) is 11.3. The summed E-state index contributed by atoms with van der Waals surface area (Å²) in [5.41, 5.74) is 3.25. The molecular formula is C20H24N4OS. The van der Waals surface area contributed by atoms with Gasteiger partial charge in [0.1, 0.15) is 0 Å². The van der Waals surface area contributed by atoms with Crippen molar-refractivity contribution in [2.75, 3.05) is 7.05 Å². The minimum atomic E-state index is -0.533. The number of hydrogen-bond donors (Lipinski definition) is 2. The highest BCUT2D eigenvalue weighted by Gasteiger charge is 2.39. The van der Waals surface area contributed by atoms with Gasteiger partial charge in [-0.2, -0.15) is 0 Å². The zero-order valence-corrected chi connectivity index (χ0v) is 16.2. The van der Waals surface area contributed by atoms with Crippen LogP contribution in [0.4, 0.5) is 0 Å². The average Bonchev–Trinajstić information content (AvgIpc) is 3.38. The Balaban J connectivity index is 1.72. The predicted molar refractivity (Wildman–Crippen MR) is 105 cm³/mol. The average molecular weight is 369 g/mol. The minimum absolute atomic E-state index is 0.0263. The molecule has 1 aliphatic carbocycles. The van der Waals surface area contributed by atoms with E-state index in [1.807, 2.05) is 19.3 Å². The molecule has 0 aromatic carbocycles. The van der Waals surface area contributed by atoms with Gasteiger partial charge in [-0.3, -0.25) is 20.1 Å². The molecule has 2 aromatic rings. The first kappa shape index (κ1) is 17.2. The van der Waals surface area contributed by atoms with Crippen LogP contribution in [0.2, 0.25) is 0 Å². The van der Waals surface area contributed by atoms with Crippen LogP contribution in [0.15, 0.2) is 24.5 Å². The molecule has 0 unspecified atom stereocenters. The van der Waals surface area contributed by atoms with E-state index in [9.17, 15) is 4.79 Å². The molecule has 2 aliphatic rings. The van der Waals surface area contributed by atoms with Crippen LogP contribution in [0.3, 0.4) is 0 Å². The number of rotatable bonds is 4. The van der Waals surface area contributed by atoms with Crippen molar-refractivity contribution >= 4 is 23.2 Å². The molecule has 1 saturated carbocycles. The fourth-order valence-electron chi connectivity index (χ4n) is 3.51. The fourth-order valence-corrected chi connectivity index (χ4v) is 4.85. The number of hydrogen-bond acceptors (Lipinski definition) is 4. The van der Waals surface area contributed by atoms with Gasteiger partial charge < -0.3 is 5.32 Å². The fraction of sp³-hybridized carbons (Fsp3) is 0.450. The number of aryl methyl sites for hydroxylation is 1. The number of carbonyl (C=O) groups excluding carboxylic acids is 1. The van der Waals surface area contributed by atoms with E-state index in [1.165, 1.54) is 39.3 Å². The number of pyridine rings is 1. The molecule has 2 fully saturated rings. The summed E-state index contributed by atoms with van der Waals surface area (Å²) in [4.78, 5) is 20.5. The molecule has 4 rings (SSSR count). The molecule has 1 atom stereocenters. The summed E-state index contributed by atoms with van der Waals surface area (Å²) >= 11 is 1.72. The van der Waals surface area contributed by atoms with Crippen molar-refractivity contribution in [1.82, 2.24) is 15.2 Å². The van der Waals surface area contributed by atoms with Crippen LogP contribution in [0.25, 0.3) is 10.4 Å². The van der Waals surface area contributed by atoms with Crippen molar-refractivity contribution in [2.45, 2.75) is 51.0 Å². The Morgan fingerprint density at radius 2 is 2.15 bits per heavy atom. The lowest BCUT2D eigenvalue weighted by molar-refractivity contribution is -0.129. The molecule has 3 heterocycles. The molecule has 2 aromatic heterocycles. The third kappa shape index (κ3) is 2.92. The zero-order chi connectivity index (χ0) is 18.5. The maximum Gasteiger partial charge on any atom is 0.231 e. The van der Waals surface area contributed by atoms with Crippen molar-refractivity contribution in [3.63, 3.8) is 0 Å². The van der Waals surface area contributed by atoms with Crippen molar-refractivity contribution < 1.29 is 4.79 Å². The lowest BCUT2D eigenvalue weighted by Gasteiger charge is -2.38. The van der Waals surface area contributed by atoms with Gasteiger partial charge in [-0.25, -0.2) is 0 Å². The quantitative estimate of drug-likeness (QED) is 0.861. The topological polar surface area (TPSA) is 69.1 Å². The normalized spacial score (nSPS) is 23.3. The first-order valence-corrected chi connectivity index (χ1v) is 9.94. The number of nitrogens with one attached hydrogen (secondary N) is 2. The number of amides is 1. The molecular weight excluding hydrogens is 344 g/mol. The van der Waals surface area contributed by atoms with Crippen molar-refractivity contribution in [1.29, 1.82) is 5.41 Å². The van der Waals surface area contributed by atoms with E-state index in [-0.39, 0.29) is 11.9 Å². The highest BCUT2D eigenvalue weighted by molar-refractivity contribution is 7.15. The predicted octanol–water partition coefficient (Wildman–Crippen LogP) is 3.85. The summed E-state index contributed by atoms with van der Waals surface area (Å²) in [6.45, 7) is 4.17. The molecule has 136 valence electrons. The van der Waals surface area contributed by atoms with Gasteiger partial charge in [0, 0.05) is 34.8 Å². The Hall–Kier alpha value is -2.21. The Bertz CT molecular complexity index is 866. The van der Waals surface area contributed by atoms with E-state index in [2.05, 4.69) is 29.4 Å². The van der Waals surface area contributed by atoms with Crippen LogP contribution < -0.4 is 5.32 Å². The van der Waals surface area contributed by atoms with Gasteiger partial charge in [0.25, 0.3) is 0 Å². The van der Waals surface area contributed by atoms with Crippen LogP contribution in [-0.2, 0) is 16.8 Å². The second-order valence-electron chi connectivity index (χ2n) is 7.54. The first-order valence-electron chi connectivity index (χ1n) is 9.13. The SMILES string of the molecule is CCc1cc([C@]2(C)CC(=O)N(C)C(=N)N2)sc1-c1cncc(C2CC2)c1. The molecule has 1 aliphatic heterocycles. The Morgan fingerprint density at radius 3 is 2.81 bits per heavy atom. The summed E-state index contributed by atoms with van der Waals surface area (Å²) in [6, 6.07) is 4.47. The molecule has 0 spiro atoms. The van der Waals surface area contributed by atoms with Gasteiger partial charge in [0.2, 0.25) is 5.91 Å². The molecule has 6 heteroatoms. The Morgan fingerprint density at radius 1 is 1.38 bits per heavy atom. The first-order chi connectivity index (χ1) is 12.4. The lowest BCUT2D eigenvalue weighted by atomic mass is 9.92. The summed E-state index contributed by atoms with van der Waals surface area (Å²) in [7, 11) is 1.64. The maximum absolute atomic E-state index is 12.3. The number of aromatic nitrogens is 1. The molecule has 0 bridgehead atoms. The number of thiophene rings is 1. The van der Waals surface area contributed by atoms with E-state index in [1.54, 1.807) is 18.4 Å². The van der Waals surface area contributed by atoms with Gasteiger partial charge in [-0.1, -0.05) is 6.92 Å². The van der Waals surface area contributed by atoms with Crippen LogP contribution in [0.1, 0.15) is 55.0 Å². The zero-order valence-electron chi connectivity index (χ0n) is 15.4. The lowest BCUT2D eigenvalue weighted by Crippen LogP contribution is -2.57. The van der Waals surface area contributed by atoms with E-state index in [0.717, 1.165) is 11.3 Å². The van der Waals surface area contributed by atoms with Gasteiger partial charge in [0.05, 0.1) is 12.0 Å². The number of guanidine groups is 1. The summed E-state index contributed by atoms with van der Waals surface area (Å²) < 4.78 is 0. The summed E-state index contributed by atoms with van der Waals surface area (Å²) in [6.07, 6.45) is 7.75. The van der Waals surface area contributed by atoms with Crippen LogP contribution in [0.5, 0.6) is 0 Å². The van der Waals surface area contributed by atoms with Crippen molar-refractivity contribution in [3.05, 3.63) is 40.5 Å². The number of carbonyl (C=O) groups is 1. The molecule has 2 N–H and O–H groups in total. The van der Waals surface area contributed by atoms with Crippen LogP contribution >= 0.6 is 11.3 Å². The monoisotopic (exact) mass is 368 g/mol. The standard InChI is InChI=1S/C20H24N4OS/c1-4-12-8-16(20(2)9-17(25)24(3)19(21)23-20)26-18(12)15-7-14(10-22-11-15)13-5-6-13/h7-8,10-11,13H,4-6,9H2,1-3H3,(H2,21,23)/t20-/m0/s1. The van der Waals surface area contributed by atoms with E-state index < -0.39 is 5.54 Å². The van der Waals surface area contributed by atoms with Gasteiger partial charge in [-0.15, -0.1) is 11.3 Å². The second kappa shape index (κ2) is 6.20. The molecule has 1 amide bonds. The third-order valence-electron chi connectivity index (χ3n) is 5.41. The highest BCUT2D eigenvalue weighted by Crippen LogP contribution is 2.43. The molecule has 26 heavy (non-hydrogen) atoms. The van der Waals surface area contributed by atoms with Crippen LogP contribution in [0, 0.1) is 5.41 Å². The van der Waals surface area contributed by atoms with E-state index >= 15 is 0 Å². The van der Waals surface area contributed by atoms with Gasteiger partial charge in [0.15, 0.2) is 5.96 Å². The van der Waals surface area contributed by atoms with Gasteiger partial charge in [-0.05, 0) is 55.4 Å². The Kier molecular flexibility index (Phi) is 4.10. The third-order valence-corrected chi connectivity index (χ3v) is 6.90. The van der Waals surface area contributed by atoms with Gasteiger partial charge >= 0.3 is 0 Å². The van der Waals surface area contributed by atoms with Crippen LogP contribution in [-0.4, -0.2) is 28.8 Å². The largest absolute Gasteiger partial charge is 0.345 e. The van der Waals surface area contributed by atoms with Crippen molar-refractivity contribution in [2.24, 2.45) is 0 Å². The molecule has 5 nitrogen and oxygen atoms in total. The number of nitrogens with zero attached hydrogens (tertiary/aromatic N) is 2. The van der Waals surface area contributed by atoms with E-state index in [0.29, 0.717) is 12.3 Å².